The van der Waals surface area contributed by atoms with Crippen molar-refractivity contribution in [3.05, 3.63) is 24.3 Å². The summed E-state index contributed by atoms with van der Waals surface area (Å²) in [4.78, 5) is 11.7. The molecule has 1 aromatic carbocycles. The summed E-state index contributed by atoms with van der Waals surface area (Å²) in [6.45, 7) is 0.0707. The van der Waals surface area contributed by atoms with Gasteiger partial charge in [0.25, 0.3) is 0 Å². The van der Waals surface area contributed by atoms with Crippen LogP contribution in [0.3, 0.4) is 0 Å². The molecule has 7 nitrogen and oxygen atoms in total. The third-order valence-corrected chi connectivity index (χ3v) is 4.18. The second-order valence-corrected chi connectivity index (χ2v) is 6.31. The molecule has 136 valence electrons. The SMILES string of the molecule is COc1ccc(-c2nnc(SC(C)C(=O)NCC(F)(F)F)n2N)cc1. The number of thioether (sulfide) groups is 1. The van der Waals surface area contributed by atoms with Gasteiger partial charge in [0.1, 0.15) is 12.3 Å². The van der Waals surface area contributed by atoms with E-state index in [1.807, 2.05) is 5.32 Å². The lowest BCUT2D eigenvalue weighted by atomic mass is 10.2. The van der Waals surface area contributed by atoms with Crippen LogP contribution in [-0.4, -0.2) is 45.9 Å². The van der Waals surface area contributed by atoms with Gasteiger partial charge in [-0.1, -0.05) is 11.8 Å². The molecular formula is C14H16F3N5O2S. The maximum Gasteiger partial charge on any atom is 0.405 e. The molecule has 0 aliphatic heterocycles. The lowest BCUT2D eigenvalue weighted by Crippen LogP contribution is -2.38. The van der Waals surface area contributed by atoms with E-state index in [2.05, 4.69) is 10.2 Å². The molecular weight excluding hydrogens is 359 g/mol. The topological polar surface area (TPSA) is 95.1 Å². The number of halogens is 3. The molecule has 0 fully saturated rings. The van der Waals surface area contributed by atoms with Crippen molar-refractivity contribution < 1.29 is 22.7 Å². The van der Waals surface area contributed by atoms with E-state index in [0.29, 0.717) is 17.1 Å². The number of hydrogen-bond acceptors (Lipinski definition) is 6. The summed E-state index contributed by atoms with van der Waals surface area (Å²) in [7, 11) is 1.54. The fourth-order valence-corrected chi connectivity index (χ4v) is 2.63. The van der Waals surface area contributed by atoms with E-state index in [4.69, 9.17) is 10.6 Å². The fraction of sp³-hybridized carbons (Fsp3) is 0.357. The predicted molar refractivity (Wildman–Crippen MR) is 86.5 cm³/mol. The molecule has 0 saturated carbocycles. The smallest absolute Gasteiger partial charge is 0.405 e. The van der Waals surface area contributed by atoms with E-state index >= 15 is 0 Å². The standard InChI is InChI=1S/C14H16F3N5O2S/c1-8(12(23)19-7-14(15,16)17)25-13-21-20-11(22(13)18)9-3-5-10(24-2)6-4-9/h3-6,8H,7,18H2,1-2H3,(H,19,23). The first-order valence-corrected chi connectivity index (χ1v) is 7.95. The van der Waals surface area contributed by atoms with Crippen LogP contribution < -0.4 is 15.9 Å². The summed E-state index contributed by atoms with van der Waals surface area (Å²) in [5, 5.41) is 9.04. The maximum absolute atomic E-state index is 12.1. The second-order valence-electron chi connectivity index (χ2n) is 5.00. The molecule has 0 radical (unpaired) electrons. The number of amides is 1. The molecule has 0 aliphatic rings. The number of alkyl halides is 3. The maximum atomic E-state index is 12.1. The Morgan fingerprint density at radius 3 is 2.56 bits per heavy atom. The van der Waals surface area contributed by atoms with Gasteiger partial charge in [-0.25, -0.2) is 4.68 Å². The number of nitrogens with one attached hydrogen (secondary N) is 1. The predicted octanol–water partition coefficient (Wildman–Crippen LogP) is 1.83. The number of nitrogens with zero attached hydrogens (tertiary/aromatic N) is 3. The quantitative estimate of drug-likeness (QED) is 0.591. The van der Waals surface area contributed by atoms with Crippen molar-refractivity contribution in [3.63, 3.8) is 0 Å². The average Bonchev–Trinajstić information content (AvgIpc) is 2.92. The molecule has 1 aromatic heterocycles. The molecule has 2 aromatic rings. The van der Waals surface area contributed by atoms with Gasteiger partial charge in [-0.2, -0.15) is 13.2 Å². The number of carbonyl (C=O) groups is 1. The van der Waals surface area contributed by atoms with E-state index < -0.39 is 23.9 Å². The number of nitrogens with two attached hydrogens (primary N) is 1. The Kier molecular flexibility index (Phi) is 5.77. The Labute approximate surface area is 145 Å². The molecule has 1 amide bonds. The Hall–Kier alpha value is -2.43. The van der Waals surface area contributed by atoms with Crippen molar-refractivity contribution in [1.82, 2.24) is 20.2 Å². The zero-order valence-corrected chi connectivity index (χ0v) is 14.2. The van der Waals surface area contributed by atoms with Crippen LogP contribution in [0.25, 0.3) is 11.4 Å². The zero-order chi connectivity index (χ0) is 18.6. The van der Waals surface area contributed by atoms with Crippen molar-refractivity contribution >= 4 is 17.7 Å². The van der Waals surface area contributed by atoms with Crippen LogP contribution in [0.4, 0.5) is 13.2 Å². The number of aromatic nitrogens is 3. The number of methoxy groups -OCH3 is 1. The van der Waals surface area contributed by atoms with Gasteiger partial charge in [-0.15, -0.1) is 10.2 Å². The minimum absolute atomic E-state index is 0.209. The van der Waals surface area contributed by atoms with Crippen molar-refractivity contribution in [1.29, 1.82) is 0 Å². The third kappa shape index (κ3) is 5.02. The van der Waals surface area contributed by atoms with Gasteiger partial charge in [0.2, 0.25) is 11.1 Å². The molecule has 0 spiro atoms. The van der Waals surface area contributed by atoms with Gasteiger partial charge in [-0.05, 0) is 31.2 Å². The number of nitrogen functional groups attached to an aromatic ring is 1. The summed E-state index contributed by atoms with van der Waals surface area (Å²) in [6.07, 6.45) is -4.46. The Bertz CT molecular complexity index is 733. The van der Waals surface area contributed by atoms with Gasteiger partial charge in [0, 0.05) is 5.56 Å². The molecule has 3 N–H and O–H groups in total. The molecule has 0 saturated heterocycles. The van der Waals surface area contributed by atoms with Crippen molar-refractivity contribution in [2.75, 3.05) is 19.5 Å². The second kappa shape index (κ2) is 7.64. The summed E-state index contributed by atoms with van der Waals surface area (Å²) >= 11 is 0.912. The van der Waals surface area contributed by atoms with Crippen LogP contribution >= 0.6 is 11.8 Å². The number of rotatable bonds is 6. The zero-order valence-electron chi connectivity index (χ0n) is 13.4. The lowest BCUT2D eigenvalue weighted by molar-refractivity contribution is -0.137. The van der Waals surface area contributed by atoms with Gasteiger partial charge < -0.3 is 15.9 Å². The Balaban J connectivity index is 2.06. The van der Waals surface area contributed by atoms with E-state index in [-0.39, 0.29) is 5.16 Å². The Morgan fingerprint density at radius 1 is 1.36 bits per heavy atom. The van der Waals surface area contributed by atoms with Gasteiger partial charge in [-0.3, -0.25) is 4.79 Å². The van der Waals surface area contributed by atoms with Crippen LogP contribution in [0, 0.1) is 0 Å². The third-order valence-electron chi connectivity index (χ3n) is 3.13. The highest BCUT2D eigenvalue weighted by Gasteiger charge is 2.29. The highest BCUT2D eigenvalue weighted by atomic mass is 32.2. The molecule has 0 bridgehead atoms. The van der Waals surface area contributed by atoms with E-state index in [9.17, 15) is 18.0 Å². The number of benzene rings is 1. The van der Waals surface area contributed by atoms with Crippen LogP contribution in [0.15, 0.2) is 29.4 Å². The highest BCUT2D eigenvalue weighted by Crippen LogP contribution is 2.26. The van der Waals surface area contributed by atoms with Crippen LogP contribution in [0.1, 0.15) is 6.92 Å². The lowest BCUT2D eigenvalue weighted by Gasteiger charge is -2.12. The molecule has 11 heteroatoms. The Morgan fingerprint density at radius 2 is 2.00 bits per heavy atom. The highest BCUT2D eigenvalue weighted by molar-refractivity contribution is 8.00. The van der Waals surface area contributed by atoms with E-state index in [1.54, 1.807) is 31.4 Å². The average molecular weight is 375 g/mol. The van der Waals surface area contributed by atoms with Crippen LogP contribution in [0.5, 0.6) is 5.75 Å². The normalized spacial score (nSPS) is 12.7. The largest absolute Gasteiger partial charge is 0.497 e. The van der Waals surface area contributed by atoms with E-state index in [1.165, 1.54) is 11.6 Å². The van der Waals surface area contributed by atoms with Crippen molar-refractivity contribution in [2.45, 2.75) is 23.5 Å². The monoisotopic (exact) mass is 375 g/mol. The van der Waals surface area contributed by atoms with Crippen molar-refractivity contribution in [2.24, 2.45) is 0 Å². The first-order chi connectivity index (χ1) is 11.7. The summed E-state index contributed by atoms with van der Waals surface area (Å²) in [6, 6.07) is 6.92. The minimum atomic E-state index is -4.46. The summed E-state index contributed by atoms with van der Waals surface area (Å²) in [5.74, 6) is 6.18. The summed E-state index contributed by atoms with van der Waals surface area (Å²) < 4.78 is 42.7. The van der Waals surface area contributed by atoms with Gasteiger partial charge in [0.15, 0.2) is 5.82 Å². The molecule has 0 aliphatic carbocycles. The molecule has 1 unspecified atom stereocenters. The van der Waals surface area contributed by atoms with E-state index in [0.717, 1.165) is 11.8 Å². The van der Waals surface area contributed by atoms with Crippen LogP contribution in [-0.2, 0) is 4.79 Å². The number of ether oxygens (including phenoxy) is 1. The fourth-order valence-electron chi connectivity index (χ4n) is 1.84. The minimum Gasteiger partial charge on any atom is -0.497 e. The number of carbonyl (C=O) groups excluding carboxylic acids is 1. The first-order valence-electron chi connectivity index (χ1n) is 7.07. The first kappa shape index (κ1) is 18.9. The molecule has 2 rings (SSSR count). The molecule has 1 atom stereocenters. The summed E-state index contributed by atoms with van der Waals surface area (Å²) in [5.41, 5.74) is 0.678. The molecule has 1 heterocycles. The molecule has 25 heavy (non-hydrogen) atoms. The van der Waals surface area contributed by atoms with Gasteiger partial charge >= 0.3 is 6.18 Å². The van der Waals surface area contributed by atoms with Crippen LogP contribution in [0.2, 0.25) is 0 Å². The van der Waals surface area contributed by atoms with Crippen molar-refractivity contribution in [3.8, 4) is 17.1 Å². The number of hydrogen-bond donors (Lipinski definition) is 2. The van der Waals surface area contributed by atoms with Gasteiger partial charge in [0.05, 0.1) is 12.4 Å².